The van der Waals surface area contributed by atoms with Crippen LogP contribution in [-0.2, 0) is 16.6 Å². The lowest BCUT2D eigenvalue weighted by atomic mass is 10.3. The number of sulfonamides is 1. The van der Waals surface area contributed by atoms with Crippen molar-refractivity contribution in [2.45, 2.75) is 37.2 Å². The van der Waals surface area contributed by atoms with Crippen molar-refractivity contribution in [3.05, 3.63) is 22.5 Å². The molecule has 0 aliphatic heterocycles. The van der Waals surface area contributed by atoms with Gasteiger partial charge in [0, 0.05) is 11.3 Å². The summed E-state index contributed by atoms with van der Waals surface area (Å²) < 4.78 is 27.1. The lowest BCUT2D eigenvalue weighted by Crippen LogP contribution is -2.15. The van der Waals surface area contributed by atoms with E-state index in [1.54, 1.807) is 6.92 Å². The van der Waals surface area contributed by atoms with Gasteiger partial charge < -0.3 is 5.11 Å². The predicted molar refractivity (Wildman–Crippen MR) is 74.1 cm³/mol. The number of aryl methyl sites for hydroxylation is 1. The molecule has 1 saturated carbocycles. The third-order valence-electron chi connectivity index (χ3n) is 3.12. The molecule has 2 heterocycles. The highest BCUT2D eigenvalue weighted by atomic mass is 32.2. The third-order valence-corrected chi connectivity index (χ3v) is 5.57. The monoisotopic (exact) mass is 314 g/mol. The highest BCUT2D eigenvalue weighted by molar-refractivity contribution is 7.93. The maximum Gasteiger partial charge on any atom is 0.267 e. The summed E-state index contributed by atoms with van der Waals surface area (Å²) in [5, 5.41) is 17.7. The molecule has 0 saturated heterocycles. The van der Waals surface area contributed by atoms with E-state index in [0.717, 1.165) is 18.5 Å². The number of aromatic nitrogens is 3. The third kappa shape index (κ3) is 2.43. The second-order valence-corrected chi connectivity index (χ2v) is 7.22. The molecule has 2 aromatic rings. The van der Waals surface area contributed by atoms with Crippen molar-refractivity contribution in [1.29, 1.82) is 0 Å². The molecule has 1 aliphatic rings. The van der Waals surface area contributed by atoms with E-state index >= 15 is 0 Å². The Labute approximate surface area is 120 Å². The smallest absolute Gasteiger partial charge is 0.267 e. The van der Waals surface area contributed by atoms with Gasteiger partial charge in [-0.25, -0.2) is 13.4 Å². The number of H-pyrrole nitrogens is 1. The highest BCUT2D eigenvalue weighted by Crippen LogP contribution is 2.41. The van der Waals surface area contributed by atoms with E-state index in [1.807, 2.05) is 5.38 Å². The number of aliphatic hydroxyl groups is 1. The molecule has 20 heavy (non-hydrogen) atoms. The van der Waals surface area contributed by atoms with Crippen LogP contribution in [0.1, 0.15) is 35.8 Å². The van der Waals surface area contributed by atoms with Crippen LogP contribution in [0.4, 0.5) is 5.13 Å². The number of nitrogens with zero attached hydrogens (tertiary/aromatic N) is 2. The summed E-state index contributed by atoms with van der Waals surface area (Å²) in [6.45, 7) is 1.16. The fraction of sp³-hybridized carbons (Fsp3) is 0.455. The summed E-state index contributed by atoms with van der Waals surface area (Å²) in [6, 6.07) is 0. The SMILES string of the molecule is Cc1[nH]nc(CO)c1S(=O)(=O)Nc1nc(C2CC2)cs1. The molecular formula is C11H14N4O3S2. The molecule has 9 heteroatoms. The molecule has 0 atom stereocenters. The molecule has 1 aliphatic carbocycles. The largest absolute Gasteiger partial charge is 0.390 e. The number of aliphatic hydroxyl groups excluding tert-OH is 1. The first-order valence-electron chi connectivity index (χ1n) is 6.14. The number of thiazole rings is 1. The second-order valence-electron chi connectivity index (χ2n) is 4.74. The van der Waals surface area contributed by atoms with Crippen LogP contribution in [0.5, 0.6) is 0 Å². The molecule has 0 amide bonds. The molecule has 2 aromatic heterocycles. The maximum atomic E-state index is 12.3. The average Bonchev–Trinajstić information content (AvgIpc) is 3.02. The normalized spacial score (nSPS) is 15.5. The van der Waals surface area contributed by atoms with E-state index in [1.165, 1.54) is 11.3 Å². The van der Waals surface area contributed by atoms with Crippen LogP contribution in [0, 0.1) is 6.92 Å². The molecule has 0 aromatic carbocycles. The zero-order valence-corrected chi connectivity index (χ0v) is 12.4. The number of hydrogen-bond acceptors (Lipinski definition) is 6. The van der Waals surface area contributed by atoms with E-state index in [4.69, 9.17) is 5.11 Å². The summed E-state index contributed by atoms with van der Waals surface area (Å²) in [6.07, 6.45) is 2.23. The first kappa shape index (κ1) is 13.5. The Morgan fingerprint density at radius 3 is 2.95 bits per heavy atom. The molecule has 0 bridgehead atoms. The van der Waals surface area contributed by atoms with Crippen molar-refractivity contribution in [2.24, 2.45) is 0 Å². The summed E-state index contributed by atoms with van der Waals surface area (Å²) in [7, 11) is -3.79. The number of nitrogens with one attached hydrogen (secondary N) is 2. The number of rotatable bonds is 5. The molecule has 3 rings (SSSR count). The van der Waals surface area contributed by atoms with Crippen molar-refractivity contribution in [3.8, 4) is 0 Å². The Morgan fingerprint density at radius 2 is 2.30 bits per heavy atom. The van der Waals surface area contributed by atoms with E-state index in [9.17, 15) is 8.42 Å². The van der Waals surface area contributed by atoms with Gasteiger partial charge in [0.1, 0.15) is 10.6 Å². The van der Waals surface area contributed by atoms with Crippen molar-refractivity contribution in [1.82, 2.24) is 15.2 Å². The van der Waals surface area contributed by atoms with Crippen LogP contribution in [0.25, 0.3) is 0 Å². The van der Waals surface area contributed by atoms with Crippen LogP contribution in [0.15, 0.2) is 10.3 Å². The Balaban J connectivity index is 1.89. The number of anilines is 1. The van der Waals surface area contributed by atoms with Crippen molar-refractivity contribution >= 4 is 26.5 Å². The van der Waals surface area contributed by atoms with Gasteiger partial charge in [0.2, 0.25) is 0 Å². The van der Waals surface area contributed by atoms with Gasteiger partial charge in [-0.3, -0.25) is 9.82 Å². The summed E-state index contributed by atoms with van der Waals surface area (Å²) >= 11 is 1.27. The van der Waals surface area contributed by atoms with Crippen molar-refractivity contribution in [2.75, 3.05) is 4.72 Å². The molecule has 3 N–H and O–H groups in total. The minimum atomic E-state index is -3.79. The van der Waals surface area contributed by atoms with E-state index in [0.29, 0.717) is 16.7 Å². The molecular weight excluding hydrogens is 300 g/mol. The molecule has 7 nitrogen and oxygen atoms in total. The van der Waals surface area contributed by atoms with Gasteiger partial charge in [-0.1, -0.05) is 0 Å². The van der Waals surface area contributed by atoms with Gasteiger partial charge in [0.15, 0.2) is 5.13 Å². The maximum absolute atomic E-state index is 12.3. The van der Waals surface area contributed by atoms with Crippen LogP contribution in [-0.4, -0.2) is 28.7 Å². The van der Waals surface area contributed by atoms with Crippen LogP contribution < -0.4 is 4.72 Å². The average molecular weight is 314 g/mol. The van der Waals surface area contributed by atoms with Gasteiger partial charge in [0.25, 0.3) is 10.0 Å². The molecule has 1 fully saturated rings. The highest BCUT2D eigenvalue weighted by Gasteiger charge is 2.28. The minimum Gasteiger partial charge on any atom is -0.390 e. The fourth-order valence-electron chi connectivity index (χ4n) is 2.00. The first-order chi connectivity index (χ1) is 9.51. The molecule has 0 radical (unpaired) electrons. The summed E-state index contributed by atoms with van der Waals surface area (Å²) in [5.74, 6) is 0.480. The van der Waals surface area contributed by atoms with Gasteiger partial charge in [0.05, 0.1) is 18.0 Å². The Kier molecular flexibility index (Phi) is 3.27. The van der Waals surface area contributed by atoms with Crippen molar-refractivity contribution in [3.63, 3.8) is 0 Å². The minimum absolute atomic E-state index is 0.0110. The number of hydrogen-bond donors (Lipinski definition) is 3. The zero-order chi connectivity index (χ0) is 14.3. The molecule has 0 unspecified atom stereocenters. The fourth-order valence-corrected chi connectivity index (χ4v) is 4.40. The Morgan fingerprint density at radius 1 is 1.55 bits per heavy atom. The summed E-state index contributed by atoms with van der Waals surface area (Å²) in [4.78, 5) is 4.28. The van der Waals surface area contributed by atoms with E-state index < -0.39 is 16.6 Å². The van der Waals surface area contributed by atoms with Gasteiger partial charge in [-0.05, 0) is 19.8 Å². The van der Waals surface area contributed by atoms with Crippen LogP contribution in [0.2, 0.25) is 0 Å². The van der Waals surface area contributed by atoms with Crippen molar-refractivity contribution < 1.29 is 13.5 Å². The summed E-state index contributed by atoms with van der Waals surface area (Å²) in [5.41, 5.74) is 1.44. The molecule has 108 valence electrons. The lowest BCUT2D eigenvalue weighted by Gasteiger charge is -2.05. The predicted octanol–water partition coefficient (Wildman–Crippen LogP) is 1.35. The number of aromatic amines is 1. The van der Waals surface area contributed by atoms with E-state index in [-0.39, 0.29) is 10.6 Å². The van der Waals surface area contributed by atoms with Gasteiger partial charge in [-0.2, -0.15) is 5.10 Å². The quantitative estimate of drug-likeness (QED) is 0.772. The first-order valence-corrected chi connectivity index (χ1v) is 8.50. The van der Waals surface area contributed by atoms with Crippen LogP contribution in [0.3, 0.4) is 0 Å². The van der Waals surface area contributed by atoms with E-state index in [2.05, 4.69) is 19.9 Å². The molecule has 0 spiro atoms. The van der Waals surface area contributed by atoms with Gasteiger partial charge in [-0.15, -0.1) is 11.3 Å². The second kappa shape index (κ2) is 4.83. The Bertz CT molecular complexity index is 731. The van der Waals surface area contributed by atoms with Gasteiger partial charge >= 0.3 is 0 Å². The zero-order valence-electron chi connectivity index (χ0n) is 10.8. The lowest BCUT2D eigenvalue weighted by molar-refractivity contribution is 0.273. The van der Waals surface area contributed by atoms with Crippen LogP contribution >= 0.6 is 11.3 Å². The standard InChI is InChI=1S/C11H14N4O3S2/c1-6-10(8(4-16)14-13-6)20(17,18)15-11-12-9(5-19-11)7-2-3-7/h5,7,16H,2-4H2,1H3,(H,12,15)(H,13,14). The topological polar surface area (TPSA) is 108 Å². The Hall–Kier alpha value is -1.45.